The number of nitrogen functional groups attached to an aromatic ring is 1. The van der Waals surface area contributed by atoms with Crippen molar-refractivity contribution in [3.63, 3.8) is 0 Å². The van der Waals surface area contributed by atoms with Crippen LogP contribution in [0.15, 0.2) is 12.3 Å². The largest absolute Gasteiger partial charge is 0.396 e. The Bertz CT molecular complexity index is 355. The maximum absolute atomic E-state index is 8.81. The molecule has 0 bridgehead atoms. The number of amidine groups is 1. The molecule has 0 atom stereocenters. The third-order valence-corrected chi connectivity index (χ3v) is 2.26. The van der Waals surface area contributed by atoms with Crippen molar-refractivity contribution < 1.29 is 5.11 Å². The summed E-state index contributed by atoms with van der Waals surface area (Å²) in [4.78, 5) is 1.94. The van der Waals surface area contributed by atoms with Gasteiger partial charge < -0.3 is 15.7 Å². The topological polar surface area (TPSA) is 99.1 Å². The molecule has 0 saturated carbocycles. The average Bonchev–Trinajstić information content (AvgIpc) is 2.30. The van der Waals surface area contributed by atoms with Gasteiger partial charge in [0.05, 0.1) is 11.8 Å². The lowest BCUT2D eigenvalue weighted by atomic mass is 10.2. The first kappa shape index (κ1) is 12.4. The van der Waals surface area contributed by atoms with Crippen molar-refractivity contribution in [1.82, 2.24) is 10.2 Å². The van der Waals surface area contributed by atoms with E-state index >= 15 is 0 Å². The van der Waals surface area contributed by atoms with E-state index in [9.17, 15) is 0 Å². The quantitative estimate of drug-likeness (QED) is 0.464. The molecule has 0 fully saturated rings. The number of nitrogens with one attached hydrogen (secondary N) is 1. The maximum Gasteiger partial charge on any atom is 0.162 e. The summed E-state index contributed by atoms with van der Waals surface area (Å²) in [5, 5.41) is 24.1. The highest BCUT2D eigenvalue weighted by Gasteiger charge is 2.13. The van der Waals surface area contributed by atoms with Gasteiger partial charge in [0.1, 0.15) is 5.84 Å². The molecule has 0 aliphatic rings. The van der Waals surface area contributed by atoms with Crippen LogP contribution in [-0.4, -0.2) is 40.8 Å². The SMILES string of the molecule is CCN(CCCO)c1nnccc1C(=N)N. The standard InChI is InChI=1S/C10H17N5O/c1-2-15(6-3-7-16)10-8(9(11)12)4-5-13-14-10/h4-5,16H,2-3,6-7H2,1H3,(H3,11,12). The van der Waals surface area contributed by atoms with Crippen molar-refractivity contribution >= 4 is 11.7 Å². The molecule has 0 spiro atoms. The van der Waals surface area contributed by atoms with Gasteiger partial charge in [-0.15, -0.1) is 5.10 Å². The average molecular weight is 223 g/mol. The zero-order valence-electron chi connectivity index (χ0n) is 9.35. The number of nitrogens with zero attached hydrogens (tertiary/aromatic N) is 3. The Morgan fingerprint density at radius 3 is 2.94 bits per heavy atom. The molecule has 0 aromatic carbocycles. The molecular weight excluding hydrogens is 206 g/mol. The zero-order valence-corrected chi connectivity index (χ0v) is 9.35. The predicted molar refractivity (Wildman–Crippen MR) is 62.6 cm³/mol. The summed E-state index contributed by atoms with van der Waals surface area (Å²) < 4.78 is 0. The molecular formula is C10H17N5O. The van der Waals surface area contributed by atoms with Gasteiger partial charge in [-0.05, 0) is 19.4 Å². The summed E-state index contributed by atoms with van der Waals surface area (Å²) >= 11 is 0. The first-order valence-electron chi connectivity index (χ1n) is 5.22. The van der Waals surface area contributed by atoms with Crippen LogP contribution in [0.5, 0.6) is 0 Å². The second-order valence-corrected chi connectivity index (χ2v) is 3.34. The summed E-state index contributed by atoms with van der Waals surface area (Å²) in [7, 11) is 0. The van der Waals surface area contributed by atoms with Crippen molar-refractivity contribution in [2.75, 3.05) is 24.6 Å². The number of hydrogen-bond acceptors (Lipinski definition) is 5. The predicted octanol–water partition coefficient (Wildman–Crippen LogP) is -0.0306. The lowest BCUT2D eigenvalue weighted by Crippen LogP contribution is -2.29. The number of aliphatic hydroxyl groups excluding tert-OH is 1. The fourth-order valence-electron chi connectivity index (χ4n) is 1.44. The monoisotopic (exact) mass is 223 g/mol. The summed E-state index contributed by atoms with van der Waals surface area (Å²) in [6.07, 6.45) is 2.17. The maximum atomic E-state index is 8.81. The molecule has 1 aromatic rings. The minimum atomic E-state index is -0.0210. The molecule has 6 nitrogen and oxygen atoms in total. The van der Waals surface area contributed by atoms with E-state index in [0.717, 1.165) is 6.54 Å². The number of hydrogen-bond donors (Lipinski definition) is 3. The number of anilines is 1. The van der Waals surface area contributed by atoms with E-state index in [1.54, 1.807) is 6.07 Å². The number of aliphatic hydroxyl groups is 1. The van der Waals surface area contributed by atoms with Crippen LogP contribution in [0.1, 0.15) is 18.9 Å². The van der Waals surface area contributed by atoms with Gasteiger partial charge in [0.25, 0.3) is 0 Å². The fourth-order valence-corrected chi connectivity index (χ4v) is 1.44. The van der Waals surface area contributed by atoms with E-state index in [0.29, 0.717) is 24.3 Å². The van der Waals surface area contributed by atoms with Crippen molar-refractivity contribution in [2.24, 2.45) is 5.73 Å². The number of rotatable bonds is 6. The van der Waals surface area contributed by atoms with E-state index < -0.39 is 0 Å². The van der Waals surface area contributed by atoms with Crippen LogP contribution in [0.4, 0.5) is 5.82 Å². The van der Waals surface area contributed by atoms with Gasteiger partial charge in [0.15, 0.2) is 5.82 Å². The highest BCUT2D eigenvalue weighted by molar-refractivity contribution is 5.99. The van der Waals surface area contributed by atoms with E-state index in [4.69, 9.17) is 16.2 Å². The van der Waals surface area contributed by atoms with Crippen LogP contribution in [0.2, 0.25) is 0 Å². The fraction of sp³-hybridized carbons (Fsp3) is 0.500. The molecule has 0 saturated heterocycles. The van der Waals surface area contributed by atoms with Crippen LogP contribution in [-0.2, 0) is 0 Å². The molecule has 0 aliphatic carbocycles. The highest BCUT2D eigenvalue weighted by Crippen LogP contribution is 2.15. The van der Waals surface area contributed by atoms with E-state index in [1.165, 1.54) is 6.20 Å². The zero-order chi connectivity index (χ0) is 12.0. The van der Waals surface area contributed by atoms with E-state index in [-0.39, 0.29) is 12.4 Å². The molecule has 0 aliphatic heterocycles. The Balaban J connectivity index is 2.94. The van der Waals surface area contributed by atoms with Gasteiger partial charge in [-0.25, -0.2) is 0 Å². The van der Waals surface area contributed by atoms with Gasteiger partial charge in [-0.3, -0.25) is 5.41 Å². The van der Waals surface area contributed by atoms with Crippen molar-refractivity contribution in [3.05, 3.63) is 17.8 Å². The second-order valence-electron chi connectivity index (χ2n) is 3.34. The summed E-state index contributed by atoms with van der Waals surface area (Å²) in [6.45, 7) is 3.52. The van der Waals surface area contributed by atoms with Crippen LogP contribution in [0, 0.1) is 5.41 Å². The highest BCUT2D eigenvalue weighted by atomic mass is 16.3. The molecule has 1 heterocycles. The first-order chi connectivity index (χ1) is 7.70. The van der Waals surface area contributed by atoms with Gasteiger partial charge in [0, 0.05) is 19.7 Å². The van der Waals surface area contributed by atoms with E-state index in [1.807, 2.05) is 11.8 Å². The Labute approximate surface area is 94.6 Å². The Hall–Kier alpha value is -1.69. The van der Waals surface area contributed by atoms with Crippen LogP contribution < -0.4 is 10.6 Å². The molecule has 1 aromatic heterocycles. The van der Waals surface area contributed by atoms with Gasteiger partial charge >= 0.3 is 0 Å². The lowest BCUT2D eigenvalue weighted by molar-refractivity contribution is 0.289. The van der Waals surface area contributed by atoms with Crippen molar-refractivity contribution in [3.8, 4) is 0 Å². The van der Waals surface area contributed by atoms with Crippen molar-refractivity contribution in [2.45, 2.75) is 13.3 Å². The Kier molecular flexibility index (Phi) is 4.65. The first-order valence-corrected chi connectivity index (χ1v) is 5.22. The number of nitrogens with two attached hydrogens (primary N) is 1. The van der Waals surface area contributed by atoms with Crippen LogP contribution in [0.3, 0.4) is 0 Å². The summed E-state index contributed by atoms with van der Waals surface area (Å²) in [5.74, 6) is 0.582. The van der Waals surface area contributed by atoms with Crippen molar-refractivity contribution in [1.29, 1.82) is 5.41 Å². The second kappa shape index (κ2) is 6.02. The number of aromatic nitrogens is 2. The Morgan fingerprint density at radius 1 is 1.62 bits per heavy atom. The van der Waals surface area contributed by atoms with Crippen LogP contribution >= 0.6 is 0 Å². The van der Waals surface area contributed by atoms with Crippen LogP contribution in [0.25, 0.3) is 0 Å². The Morgan fingerprint density at radius 2 is 2.38 bits per heavy atom. The molecule has 6 heteroatoms. The van der Waals surface area contributed by atoms with E-state index in [2.05, 4.69) is 10.2 Å². The third-order valence-electron chi connectivity index (χ3n) is 2.26. The minimum Gasteiger partial charge on any atom is -0.396 e. The van der Waals surface area contributed by atoms with Gasteiger partial charge in [0.2, 0.25) is 0 Å². The third kappa shape index (κ3) is 2.90. The normalized spacial score (nSPS) is 10.1. The summed E-state index contributed by atoms with van der Waals surface area (Å²) in [6, 6.07) is 1.67. The van der Waals surface area contributed by atoms with Gasteiger partial charge in [-0.2, -0.15) is 5.10 Å². The molecule has 4 N–H and O–H groups in total. The van der Waals surface area contributed by atoms with Gasteiger partial charge in [-0.1, -0.05) is 0 Å². The molecule has 1 rings (SSSR count). The molecule has 0 unspecified atom stereocenters. The molecule has 88 valence electrons. The molecule has 0 amide bonds. The summed E-state index contributed by atoms with van der Waals surface area (Å²) in [5.41, 5.74) is 6.05. The lowest BCUT2D eigenvalue weighted by Gasteiger charge is -2.22. The minimum absolute atomic E-state index is 0.0210. The smallest absolute Gasteiger partial charge is 0.162 e. The molecule has 0 radical (unpaired) electrons. The molecule has 16 heavy (non-hydrogen) atoms.